The lowest BCUT2D eigenvalue weighted by molar-refractivity contribution is -0.0291. The molecule has 4 nitrogen and oxygen atoms in total. The van der Waals surface area contributed by atoms with E-state index < -0.39 is 0 Å². The molecule has 2 aromatic carbocycles. The van der Waals surface area contributed by atoms with Crippen molar-refractivity contribution in [2.75, 3.05) is 0 Å². The second-order valence-electron chi connectivity index (χ2n) is 7.41. The molecule has 130 valence electrons. The summed E-state index contributed by atoms with van der Waals surface area (Å²) in [6.45, 7) is 6.43. The van der Waals surface area contributed by atoms with E-state index in [1.54, 1.807) is 6.07 Å². The predicted octanol–water partition coefficient (Wildman–Crippen LogP) is 4.62. The lowest BCUT2D eigenvalue weighted by Gasteiger charge is -2.38. The zero-order chi connectivity index (χ0) is 17.6. The number of hydrogen-bond donors (Lipinski definition) is 1. The second-order valence-corrected chi connectivity index (χ2v) is 7.41. The largest absolute Gasteiger partial charge is 0.507 e. The molecular formula is C21H24N2O2. The minimum absolute atomic E-state index is 0.0654. The number of aryl methyl sites for hydroxylation is 1. The summed E-state index contributed by atoms with van der Waals surface area (Å²) in [6, 6.07) is 14.1. The Morgan fingerprint density at radius 2 is 2.04 bits per heavy atom. The Morgan fingerprint density at radius 3 is 2.84 bits per heavy atom. The van der Waals surface area contributed by atoms with E-state index >= 15 is 0 Å². The van der Waals surface area contributed by atoms with Crippen LogP contribution < -0.4 is 4.74 Å². The van der Waals surface area contributed by atoms with Gasteiger partial charge in [-0.25, -0.2) is 0 Å². The highest BCUT2D eigenvalue weighted by atomic mass is 16.5. The average molecular weight is 336 g/mol. The first-order chi connectivity index (χ1) is 12.0. The molecule has 0 spiro atoms. The molecule has 4 heteroatoms. The van der Waals surface area contributed by atoms with Crippen LogP contribution in [0.4, 0.5) is 0 Å². The third kappa shape index (κ3) is 2.86. The molecule has 0 amide bonds. The standard InChI is InChI=1S/C21H24N2O2/c1-13(2)10-21-23-18(15-6-4-5-7-20(15)25-21)12-17(22-23)16-11-14(3)8-9-19(16)24/h4-9,11,13,18,21,24H,10,12H2,1-3H3/t18-,21-/m0/s1. The van der Waals surface area contributed by atoms with E-state index in [4.69, 9.17) is 9.84 Å². The van der Waals surface area contributed by atoms with E-state index in [1.807, 2.05) is 37.3 Å². The number of para-hydroxylation sites is 1. The summed E-state index contributed by atoms with van der Waals surface area (Å²) in [5, 5.41) is 17.3. The lowest BCUT2D eigenvalue weighted by atomic mass is 9.95. The fourth-order valence-corrected chi connectivity index (χ4v) is 3.71. The summed E-state index contributed by atoms with van der Waals surface area (Å²) in [4.78, 5) is 0. The molecule has 0 fully saturated rings. The molecular weight excluding hydrogens is 312 g/mol. The number of ether oxygens (including phenoxy) is 1. The van der Waals surface area contributed by atoms with Crippen molar-refractivity contribution in [3.8, 4) is 11.5 Å². The van der Waals surface area contributed by atoms with Crippen LogP contribution in [0.5, 0.6) is 11.5 Å². The fourth-order valence-electron chi connectivity index (χ4n) is 3.71. The van der Waals surface area contributed by atoms with Gasteiger partial charge in [0.25, 0.3) is 0 Å². The first-order valence-electron chi connectivity index (χ1n) is 8.94. The molecule has 25 heavy (non-hydrogen) atoms. The number of benzene rings is 2. The van der Waals surface area contributed by atoms with Gasteiger partial charge in [0.05, 0.1) is 11.8 Å². The maximum atomic E-state index is 10.3. The minimum atomic E-state index is -0.0654. The summed E-state index contributed by atoms with van der Waals surface area (Å²) >= 11 is 0. The molecule has 0 radical (unpaired) electrons. The summed E-state index contributed by atoms with van der Waals surface area (Å²) in [5.74, 6) is 1.76. The van der Waals surface area contributed by atoms with Crippen LogP contribution in [0.25, 0.3) is 0 Å². The average Bonchev–Trinajstić information content (AvgIpc) is 3.02. The van der Waals surface area contributed by atoms with Gasteiger partial charge in [-0.1, -0.05) is 43.7 Å². The molecule has 0 aliphatic carbocycles. The monoisotopic (exact) mass is 336 g/mol. The molecule has 0 aromatic heterocycles. The van der Waals surface area contributed by atoms with E-state index in [2.05, 4.69) is 24.9 Å². The number of phenolic OH excluding ortho intramolecular Hbond substituents is 1. The van der Waals surface area contributed by atoms with Gasteiger partial charge in [-0.15, -0.1) is 0 Å². The van der Waals surface area contributed by atoms with Crippen LogP contribution in [0.2, 0.25) is 0 Å². The quantitative estimate of drug-likeness (QED) is 0.890. The highest BCUT2D eigenvalue weighted by Gasteiger charge is 2.40. The Bertz CT molecular complexity index is 828. The van der Waals surface area contributed by atoms with Crippen molar-refractivity contribution in [1.29, 1.82) is 0 Å². The van der Waals surface area contributed by atoms with E-state index in [-0.39, 0.29) is 12.3 Å². The predicted molar refractivity (Wildman–Crippen MR) is 98.9 cm³/mol. The molecule has 2 aromatic rings. The van der Waals surface area contributed by atoms with Gasteiger partial charge in [0.1, 0.15) is 11.5 Å². The van der Waals surface area contributed by atoms with Gasteiger partial charge < -0.3 is 9.84 Å². The molecule has 2 atom stereocenters. The third-order valence-electron chi connectivity index (χ3n) is 4.91. The topological polar surface area (TPSA) is 45.1 Å². The van der Waals surface area contributed by atoms with Crippen LogP contribution in [0.1, 0.15) is 49.4 Å². The van der Waals surface area contributed by atoms with Gasteiger partial charge in [0.2, 0.25) is 0 Å². The van der Waals surface area contributed by atoms with Crippen molar-refractivity contribution in [3.63, 3.8) is 0 Å². The van der Waals surface area contributed by atoms with Crippen molar-refractivity contribution in [2.45, 2.75) is 45.9 Å². The maximum absolute atomic E-state index is 10.3. The maximum Gasteiger partial charge on any atom is 0.188 e. The Balaban J connectivity index is 1.75. The number of phenols is 1. The molecule has 0 saturated carbocycles. The van der Waals surface area contributed by atoms with Gasteiger partial charge in [-0.05, 0) is 31.0 Å². The fraction of sp³-hybridized carbons (Fsp3) is 0.381. The third-order valence-corrected chi connectivity index (χ3v) is 4.91. The van der Waals surface area contributed by atoms with Gasteiger partial charge in [0.15, 0.2) is 6.23 Å². The molecule has 0 saturated heterocycles. The zero-order valence-electron chi connectivity index (χ0n) is 14.9. The van der Waals surface area contributed by atoms with Gasteiger partial charge >= 0.3 is 0 Å². The number of nitrogens with zero attached hydrogens (tertiary/aromatic N) is 2. The van der Waals surface area contributed by atoms with Crippen molar-refractivity contribution in [1.82, 2.24) is 5.01 Å². The van der Waals surface area contributed by atoms with E-state index in [0.717, 1.165) is 35.4 Å². The summed E-state index contributed by atoms with van der Waals surface area (Å²) < 4.78 is 6.25. The Kier molecular flexibility index (Phi) is 3.91. The molecule has 2 aliphatic heterocycles. The van der Waals surface area contributed by atoms with Gasteiger partial charge in [0, 0.05) is 24.0 Å². The molecule has 0 unspecified atom stereocenters. The second kappa shape index (κ2) is 6.10. The lowest BCUT2D eigenvalue weighted by Crippen LogP contribution is -2.41. The molecule has 4 rings (SSSR count). The number of aromatic hydroxyl groups is 1. The van der Waals surface area contributed by atoms with Gasteiger partial charge in [-0.3, -0.25) is 5.01 Å². The van der Waals surface area contributed by atoms with E-state index in [9.17, 15) is 5.11 Å². The van der Waals surface area contributed by atoms with Crippen LogP contribution in [-0.2, 0) is 0 Å². The molecule has 2 aliphatic rings. The van der Waals surface area contributed by atoms with E-state index in [1.165, 1.54) is 5.56 Å². The van der Waals surface area contributed by atoms with Crippen LogP contribution >= 0.6 is 0 Å². The summed E-state index contributed by atoms with van der Waals surface area (Å²) in [7, 11) is 0. The van der Waals surface area contributed by atoms with Crippen LogP contribution in [0.3, 0.4) is 0 Å². The highest BCUT2D eigenvalue weighted by Crippen LogP contribution is 2.44. The van der Waals surface area contributed by atoms with Crippen molar-refractivity contribution >= 4 is 5.71 Å². The first kappa shape index (κ1) is 16.0. The number of fused-ring (bicyclic) bond motifs is 3. The van der Waals surface area contributed by atoms with Crippen LogP contribution in [-0.4, -0.2) is 22.1 Å². The van der Waals surface area contributed by atoms with E-state index in [0.29, 0.717) is 11.7 Å². The van der Waals surface area contributed by atoms with Crippen molar-refractivity contribution in [3.05, 3.63) is 59.2 Å². The molecule has 2 heterocycles. The first-order valence-corrected chi connectivity index (χ1v) is 8.94. The van der Waals surface area contributed by atoms with Gasteiger partial charge in [-0.2, -0.15) is 5.10 Å². The summed E-state index contributed by atoms with van der Waals surface area (Å²) in [6.07, 6.45) is 1.64. The number of hydrazone groups is 1. The minimum Gasteiger partial charge on any atom is -0.507 e. The molecule has 0 bridgehead atoms. The normalized spacial score (nSPS) is 21.6. The zero-order valence-corrected chi connectivity index (χ0v) is 14.9. The van der Waals surface area contributed by atoms with Crippen molar-refractivity contribution in [2.24, 2.45) is 11.0 Å². The number of rotatable bonds is 3. The van der Waals surface area contributed by atoms with Crippen molar-refractivity contribution < 1.29 is 9.84 Å². The van der Waals surface area contributed by atoms with Crippen LogP contribution in [0.15, 0.2) is 47.6 Å². The molecule has 1 N–H and O–H groups in total. The highest BCUT2D eigenvalue weighted by molar-refractivity contribution is 6.04. The Hall–Kier alpha value is -2.49. The smallest absolute Gasteiger partial charge is 0.188 e. The Morgan fingerprint density at radius 1 is 1.24 bits per heavy atom. The SMILES string of the molecule is Cc1ccc(O)c(C2=NN3[C@H](CC(C)C)Oc4ccccc4[C@@H]3C2)c1. The van der Waals surface area contributed by atoms with Crippen LogP contribution in [0, 0.1) is 12.8 Å². The Labute approximate surface area is 148 Å². The number of hydrogen-bond acceptors (Lipinski definition) is 4. The summed E-state index contributed by atoms with van der Waals surface area (Å²) in [5.41, 5.74) is 4.06.